The van der Waals surface area contributed by atoms with Crippen LogP contribution in [0.2, 0.25) is 0 Å². The summed E-state index contributed by atoms with van der Waals surface area (Å²) in [6.45, 7) is 4.15. The van der Waals surface area contributed by atoms with Crippen molar-refractivity contribution in [1.29, 1.82) is 0 Å². The maximum atomic E-state index is 11.7. The molecule has 1 aliphatic carbocycles. The molecule has 4 heteroatoms. The van der Waals surface area contributed by atoms with Gasteiger partial charge in [0.15, 0.2) is 0 Å². The van der Waals surface area contributed by atoms with Gasteiger partial charge in [0.2, 0.25) is 5.91 Å². The molecule has 0 aliphatic heterocycles. The Morgan fingerprint density at radius 3 is 2.53 bits per heavy atom. The summed E-state index contributed by atoms with van der Waals surface area (Å²) in [6, 6.07) is -0.166. The number of hydrogen-bond donors (Lipinski definition) is 2. The number of carboxylic acids is 1. The number of carbonyl (C=O) groups is 2. The molecule has 0 heterocycles. The van der Waals surface area contributed by atoms with Crippen molar-refractivity contribution in [2.45, 2.75) is 58.4 Å². The molecule has 0 spiro atoms. The van der Waals surface area contributed by atoms with Crippen molar-refractivity contribution in [3.05, 3.63) is 0 Å². The van der Waals surface area contributed by atoms with Gasteiger partial charge in [-0.2, -0.15) is 0 Å². The third-order valence-electron chi connectivity index (χ3n) is 3.38. The number of carboxylic acid groups (broad SMARTS) is 1. The molecule has 17 heavy (non-hydrogen) atoms. The van der Waals surface area contributed by atoms with Crippen LogP contribution in [0, 0.1) is 11.8 Å². The van der Waals surface area contributed by atoms with Crippen molar-refractivity contribution < 1.29 is 14.7 Å². The number of amides is 1. The molecule has 2 atom stereocenters. The molecule has 1 rings (SSSR count). The maximum absolute atomic E-state index is 11.7. The van der Waals surface area contributed by atoms with Gasteiger partial charge >= 0.3 is 5.97 Å². The summed E-state index contributed by atoms with van der Waals surface area (Å²) in [7, 11) is 0. The van der Waals surface area contributed by atoms with Crippen molar-refractivity contribution in [3.63, 3.8) is 0 Å². The minimum absolute atomic E-state index is 0.00292. The molecule has 1 aliphatic rings. The van der Waals surface area contributed by atoms with Gasteiger partial charge in [-0.25, -0.2) is 0 Å². The number of hydrogen-bond acceptors (Lipinski definition) is 2. The van der Waals surface area contributed by atoms with E-state index >= 15 is 0 Å². The van der Waals surface area contributed by atoms with E-state index in [2.05, 4.69) is 19.2 Å². The summed E-state index contributed by atoms with van der Waals surface area (Å²) in [6.07, 6.45) is 4.81. The Kier molecular flexibility index (Phi) is 5.45. The summed E-state index contributed by atoms with van der Waals surface area (Å²) in [5.41, 5.74) is 0. The van der Waals surface area contributed by atoms with E-state index in [1.807, 2.05) is 0 Å². The first kappa shape index (κ1) is 14.0. The SMILES string of the molecule is CC(C)CCC(=O)NC1CCCCC1C(=O)O. The minimum atomic E-state index is -0.779. The van der Waals surface area contributed by atoms with Gasteiger partial charge in [-0.05, 0) is 25.2 Å². The number of aliphatic carboxylic acids is 1. The van der Waals surface area contributed by atoms with E-state index in [4.69, 9.17) is 5.11 Å². The first-order valence-corrected chi connectivity index (χ1v) is 6.53. The van der Waals surface area contributed by atoms with Crippen LogP contribution in [0.5, 0.6) is 0 Å². The lowest BCUT2D eigenvalue weighted by Crippen LogP contribution is -2.45. The molecule has 0 saturated heterocycles. The molecular weight excluding hydrogens is 218 g/mol. The van der Waals surface area contributed by atoms with Crippen LogP contribution in [-0.2, 0) is 9.59 Å². The van der Waals surface area contributed by atoms with Gasteiger partial charge in [0, 0.05) is 12.5 Å². The second kappa shape index (κ2) is 6.62. The van der Waals surface area contributed by atoms with Crippen molar-refractivity contribution in [2.75, 3.05) is 0 Å². The van der Waals surface area contributed by atoms with Crippen LogP contribution in [0.15, 0.2) is 0 Å². The van der Waals surface area contributed by atoms with Crippen LogP contribution in [0.25, 0.3) is 0 Å². The lowest BCUT2D eigenvalue weighted by molar-refractivity contribution is -0.144. The first-order valence-electron chi connectivity index (χ1n) is 6.53. The lowest BCUT2D eigenvalue weighted by Gasteiger charge is -2.29. The van der Waals surface area contributed by atoms with E-state index in [0.29, 0.717) is 18.8 Å². The van der Waals surface area contributed by atoms with Crippen LogP contribution in [-0.4, -0.2) is 23.0 Å². The van der Waals surface area contributed by atoms with Crippen LogP contribution in [0.1, 0.15) is 52.4 Å². The van der Waals surface area contributed by atoms with E-state index in [9.17, 15) is 9.59 Å². The second-order valence-corrected chi connectivity index (χ2v) is 5.34. The molecule has 2 unspecified atom stereocenters. The summed E-state index contributed by atoms with van der Waals surface area (Å²) in [5, 5.41) is 12.0. The molecule has 4 nitrogen and oxygen atoms in total. The predicted octanol–water partition coefficient (Wildman–Crippen LogP) is 2.18. The van der Waals surface area contributed by atoms with Gasteiger partial charge < -0.3 is 10.4 Å². The van der Waals surface area contributed by atoms with Crippen LogP contribution < -0.4 is 5.32 Å². The molecule has 2 N–H and O–H groups in total. The van der Waals surface area contributed by atoms with Crippen molar-refractivity contribution in [1.82, 2.24) is 5.32 Å². The molecule has 0 radical (unpaired) electrons. The van der Waals surface area contributed by atoms with Gasteiger partial charge in [-0.3, -0.25) is 9.59 Å². The van der Waals surface area contributed by atoms with E-state index in [1.54, 1.807) is 0 Å². The largest absolute Gasteiger partial charge is 0.481 e. The van der Waals surface area contributed by atoms with E-state index < -0.39 is 11.9 Å². The number of rotatable bonds is 5. The van der Waals surface area contributed by atoms with Gasteiger partial charge in [0.25, 0.3) is 0 Å². The number of nitrogens with one attached hydrogen (secondary N) is 1. The highest BCUT2D eigenvalue weighted by Crippen LogP contribution is 2.24. The fourth-order valence-corrected chi connectivity index (χ4v) is 2.30. The topological polar surface area (TPSA) is 66.4 Å². The van der Waals surface area contributed by atoms with Crippen LogP contribution in [0.3, 0.4) is 0 Å². The molecule has 0 aromatic heterocycles. The van der Waals surface area contributed by atoms with E-state index in [0.717, 1.165) is 25.7 Å². The van der Waals surface area contributed by atoms with Crippen LogP contribution >= 0.6 is 0 Å². The minimum Gasteiger partial charge on any atom is -0.481 e. The second-order valence-electron chi connectivity index (χ2n) is 5.34. The van der Waals surface area contributed by atoms with Crippen molar-refractivity contribution >= 4 is 11.9 Å². The standard InChI is InChI=1S/C13H23NO3/c1-9(2)7-8-12(15)14-11-6-4-3-5-10(11)13(16)17/h9-11H,3-8H2,1-2H3,(H,14,15)(H,16,17). The van der Waals surface area contributed by atoms with Gasteiger partial charge in [0.05, 0.1) is 5.92 Å². The molecule has 1 amide bonds. The van der Waals surface area contributed by atoms with E-state index in [1.165, 1.54) is 0 Å². The zero-order valence-corrected chi connectivity index (χ0v) is 10.7. The monoisotopic (exact) mass is 241 g/mol. The molecule has 98 valence electrons. The Balaban J connectivity index is 2.42. The third kappa shape index (κ3) is 4.75. The fraction of sp³-hybridized carbons (Fsp3) is 0.846. The quantitative estimate of drug-likeness (QED) is 0.775. The average Bonchev–Trinajstić information content (AvgIpc) is 2.27. The lowest BCUT2D eigenvalue weighted by atomic mass is 9.84. The summed E-state index contributed by atoms with van der Waals surface area (Å²) < 4.78 is 0. The highest BCUT2D eigenvalue weighted by atomic mass is 16.4. The average molecular weight is 241 g/mol. The third-order valence-corrected chi connectivity index (χ3v) is 3.38. The smallest absolute Gasteiger partial charge is 0.308 e. The fourth-order valence-electron chi connectivity index (χ4n) is 2.30. The van der Waals surface area contributed by atoms with Crippen LogP contribution in [0.4, 0.5) is 0 Å². The Morgan fingerprint density at radius 1 is 1.29 bits per heavy atom. The summed E-state index contributed by atoms with van der Waals surface area (Å²) in [5.74, 6) is -0.676. The molecule has 0 aromatic carbocycles. The molecule has 1 saturated carbocycles. The zero-order valence-electron chi connectivity index (χ0n) is 10.7. The van der Waals surface area contributed by atoms with Gasteiger partial charge in [0.1, 0.15) is 0 Å². The Bertz CT molecular complexity index is 276. The Labute approximate surface area is 103 Å². The van der Waals surface area contributed by atoms with Crippen molar-refractivity contribution in [3.8, 4) is 0 Å². The van der Waals surface area contributed by atoms with Gasteiger partial charge in [-0.15, -0.1) is 0 Å². The normalized spacial score (nSPS) is 24.6. The molecular formula is C13H23NO3. The summed E-state index contributed by atoms with van der Waals surface area (Å²) >= 11 is 0. The number of carbonyl (C=O) groups excluding carboxylic acids is 1. The first-order chi connectivity index (χ1) is 8.00. The van der Waals surface area contributed by atoms with Crippen molar-refractivity contribution in [2.24, 2.45) is 11.8 Å². The highest BCUT2D eigenvalue weighted by molar-refractivity contribution is 5.78. The molecule has 1 fully saturated rings. The van der Waals surface area contributed by atoms with E-state index in [-0.39, 0.29) is 11.9 Å². The van der Waals surface area contributed by atoms with Gasteiger partial charge in [-0.1, -0.05) is 26.7 Å². The maximum Gasteiger partial charge on any atom is 0.308 e. The molecule has 0 bridgehead atoms. The zero-order chi connectivity index (χ0) is 12.8. The Morgan fingerprint density at radius 2 is 1.94 bits per heavy atom. The molecule has 0 aromatic rings. The Hall–Kier alpha value is -1.06. The highest BCUT2D eigenvalue weighted by Gasteiger charge is 2.31. The summed E-state index contributed by atoms with van der Waals surface area (Å²) in [4.78, 5) is 22.7. The predicted molar refractivity (Wildman–Crippen MR) is 65.6 cm³/mol.